The van der Waals surface area contributed by atoms with Gasteiger partial charge in [-0.05, 0) is 120 Å². The van der Waals surface area contributed by atoms with Gasteiger partial charge in [-0.2, -0.15) is 0 Å². The van der Waals surface area contributed by atoms with Gasteiger partial charge < -0.3 is 20.6 Å². The molecule has 308 valence electrons. The number of piperidine rings is 1. The van der Waals surface area contributed by atoms with Gasteiger partial charge in [0.25, 0.3) is 17.7 Å². The minimum absolute atomic E-state index is 0.0932. The molecule has 5 aliphatic rings. The molecule has 2 aromatic heterocycles. The van der Waals surface area contributed by atoms with Crippen molar-refractivity contribution in [2.75, 3.05) is 36.8 Å². The van der Waals surface area contributed by atoms with Crippen molar-refractivity contribution in [3.05, 3.63) is 75.8 Å². The molecule has 1 spiro atoms. The lowest BCUT2D eigenvalue weighted by molar-refractivity contribution is -0.136. The summed E-state index contributed by atoms with van der Waals surface area (Å²) in [6, 6.07) is 9.64. The second-order valence-electron chi connectivity index (χ2n) is 18.0. The van der Waals surface area contributed by atoms with Gasteiger partial charge in [-0.15, -0.1) is 11.3 Å². The summed E-state index contributed by atoms with van der Waals surface area (Å²) < 4.78 is 0.985. The van der Waals surface area contributed by atoms with E-state index in [1.165, 1.54) is 25.7 Å². The Labute approximate surface area is 346 Å². The number of thiazole rings is 1. The molecule has 5 heterocycles. The first-order valence-electron chi connectivity index (χ1n) is 20.8. The predicted octanol–water partition coefficient (Wildman–Crippen LogP) is 5.76. The van der Waals surface area contributed by atoms with Crippen molar-refractivity contribution in [3.8, 4) is 0 Å². The fraction of sp³-hybridized carbons (Fsp3) is 0.500. The highest BCUT2D eigenvalue weighted by molar-refractivity contribution is 7.18. The number of rotatable bonds is 11. The maximum absolute atomic E-state index is 13.4. The molecule has 2 saturated carbocycles. The molecule has 1 unspecified atom stereocenters. The van der Waals surface area contributed by atoms with E-state index in [1.54, 1.807) is 56.5 Å². The minimum atomic E-state index is -1.19. The van der Waals surface area contributed by atoms with E-state index < -0.39 is 29.4 Å². The molecule has 15 heteroatoms. The van der Waals surface area contributed by atoms with Crippen LogP contribution in [0.5, 0.6) is 0 Å². The Bertz CT molecular complexity index is 2370. The summed E-state index contributed by atoms with van der Waals surface area (Å²) >= 11 is 1.68. The Hall–Kier alpha value is -5.12. The molecule has 2 aliphatic carbocycles. The number of aryl methyl sites for hydroxylation is 1. The zero-order chi connectivity index (χ0) is 41.2. The smallest absolute Gasteiger partial charge is 0.274 e. The Morgan fingerprint density at radius 1 is 0.983 bits per heavy atom. The first kappa shape index (κ1) is 39.3. The monoisotopic (exact) mass is 818 g/mol. The number of aliphatic hydroxyl groups is 1. The summed E-state index contributed by atoms with van der Waals surface area (Å²) in [5.74, 6) is -0.101. The molecule has 0 bridgehead atoms. The second-order valence-corrected chi connectivity index (χ2v) is 19.0. The van der Waals surface area contributed by atoms with Gasteiger partial charge in [0, 0.05) is 61.7 Å². The lowest BCUT2D eigenvalue weighted by Crippen LogP contribution is -2.63. The van der Waals surface area contributed by atoms with E-state index in [9.17, 15) is 29.1 Å². The average molecular weight is 819 g/mol. The number of carbonyl (C=O) groups excluding carboxylic acids is 5. The van der Waals surface area contributed by atoms with Crippen LogP contribution in [0.4, 0.5) is 11.4 Å². The number of amides is 5. The molecule has 5 amide bonds. The van der Waals surface area contributed by atoms with Crippen molar-refractivity contribution in [2.24, 2.45) is 17.3 Å². The van der Waals surface area contributed by atoms with Crippen LogP contribution in [0.3, 0.4) is 0 Å². The highest BCUT2D eigenvalue weighted by atomic mass is 32.1. The van der Waals surface area contributed by atoms with Crippen molar-refractivity contribution >= 4 is 62.5 Å². The summed E-state index contributed by atoms with van der Waals surface area (Å²) in [7, 11) is 0. The van der Waals surface area contributed by atoms with Gasteiger partial charge in [0.15, 0.2) is 0 Å². The summed E-state index contributed by atoms with van der Waals surface area (Å²) in [4.78, 5) is 80.9. The van der Waals surface area contributed by atoms with Gasteiger partial charge in [0.2, 0.25) is 11.8 Å². The third kappa shape index (κ3) is 7.64. The second kappa shape index (κ2) is 15.2. The van der Waals surface area contributed by atoms with Crippen molar-refractivity contribution < 1.29 is 29.1 Å². The lowest BCUT2D eigenvalue weighted by Gasteiger charge is -2.60. The lowest BCUT2D eigenvalue weighted by atomic mass is 9.57. The van der Waals surface area contributed by atoms with E-state index >= 15 is 0 Å². The maximum atomic E-state index is 13.4. The fourth-order valence-electron chi connectivity index (χ4n) is 10.2. The molecule has 14 nitrogen and oxygen atoms in total. The maximum Gasteiger partial charge on any atom is 0.274 e. The van der Waals surface area contributed by atoms with Crippen LogP contribution >= 0.6 is 11.3 Å². The standard InChI is InChI=1S/C44H50N8O6S/c1-24-45-16-14-31(47-24)38(54)48-32-18-35-33(17-29(32)43(2,3)58)49-40(59-35)27-9-7-25(8-10-27)21-51-22-44(23-51)19-26(20-44)13-15-46-30-6-4-5-28-37(30)42(57)52(41(28)56)34-11-12-36(53)50-39(34)55/h4-6,14,16-18,25-27,34,46,58H,7-13,15,19-23H2,1-3H3,(H,48,54)(H,50,53,55)/t25-,27-,34?. The van der Waals surface area contributed by atoms with Crippen molar-refractivity contribution in [1.29, 1.82) is 0 Å². The molecule has 0 radical (unpaired) electrons. The quantitative estimate of drug-likeness (QED) is 0.135. The Morgan fingerprint density at radius 3 is 2.49 bits per heavy atom. The van der Waals surface area contributed by atoms with Crippen LogP contribution in [-0.2, 0) is 15.2 Å². The molecule has 4 aromatic rings. The highest BCUT2D eigenvalue weighted by Gasteiger charge is 2.52. The molecule has 4 N–H and O–H groups in total. The van der Waals surface area contributed by atoms with Crippen LogP contribution in [0.1, 0.15) is 125 Å². The van der Waals surface area contributed by atoms with Gasteiger partial charge in [0.1, 0.15) is 17.6 Å². The first-order chi connectivity index (χ1) is 28.2. The van der Waals surface area contributed by atoms with Crippen LogP contribution < -0.4 is 16.0 Å². The third-order valence-electron chi connectivity index (χ3n) is 13.1. The summed E-state index contributed by atoms with van der Waals surface area (Å²) in [5.41, 5.74) is 2.73. The zero-order valence-corrected chi connectivity index (χ0v) is 34.5. The number of hydrogen-bond donors (Lipinski definition) is 4. The van der Waals surface area contributed by atoms with E-state index in [2.05, 4.69) is 30.8 Å². The Kier molecular flexibility index (Phi) is 10.1. The number of carbonyl (C=O) groups is 5. The molecular weight excluding hydrogens is 769 g/mol. The number of imide groups is 2. The van der Waals surface area contributed by atoms with E-state index in [0.717, 1.165) is 59.0 Å². The summed E-state index contributed by atoms with van der Waals surface area (Å²) in [6.45, 7) is 9.33. The van der Waals surface area contributed by atoms with E-state index in [0.29, 0.717) is 63.6 Å². The molecule has 1 atom stereocenters. The molecule has 59 heavy (non-hydrogen) atoms. The van der Waals surface area contributed by atoms with Gasteiger partial charge in [-0.1, -0.05) is 6.07 Å². The van der Waals surface area contributed by atoms with E-state index in [-0.39, 0.29) is 30.3 Å². The Balaban J connectivity index is 0.730. The number of nitrogens with zero attached hydrogens (tertiary/aromatic N) is 5. The summed E-state index contributed by atoms with van der Waals surface area (Å²) in [6.07, 6.45) is 9.76. The van der Waals surface area contributed by atoms with Gasteiger partial charge >= 0.3 is 0 Å². The molecule has 9 rings (SSSR count). The molecule has 2 saturated heterocycles. The molecule has 4 fully saturated rings. The van der Waals surface area contributed by atoms with Crippen molar-refractivity contribution in [1.82, 2.24) is 30.1 Å². The fourth-order valence-corrected chi connectivity index (χ4v) is 11.4. The van der Waals surface area contributed by atoms with Gasteiger partial charge in [0.05, 0.1) is 32.0 Å². The molecule has 3 aliphatic heterocycles. The van der Waals surface area contributed by atoms with E-state index in [1.807, 2.05) is 18.2 Å². The molecule has 2 aromatic carbocycles. The van der Waals surface area contributed by atoms with Crippen LogP contribution in [-0.4, -0.2) is 91.6 Å². The average Bonchev–Trinajstić information content (AvgIpc) is 3.70. The number of anilines is 2. The SMILES string of the molecule is Cc1nccc(C(=O)Nc2cc3sc([C@H]4CC[C@H](CN5CC6(CC(CCNc7cccc8c7C(=O)N(C7CCC(=O)NC7=O)C8=O)C6)C5)CC4)nc3cc2C(C)(C)O)n1. The number of hydrogen-bond acceptors (Lipinski definition) is 12. The van der Waals surface area contributed by atoms with Crippen LogP contribution in [0.15, 0.2) is 42.6 Å². The highest BCUT2D eigenvalue weighted by Crippen LogP contribution is 2.53. The van der Waals surface area contributed by atoms with Gasteiger partial charge in [-0.25, -0.2) is 15.0 Å². The van der Waals surface area contributed by atoms with Crippen molar-refractivity contribution in [3.63, 3.8) is 0 Å². The number of aromatic nitrogens is 3. The largest absolute Gasteiger partial charge is 0.386 e. The first-order valence-corrected chi connectivity index (χ1v) is 21.6. The van der Waals surface area contributed by atoms with Crippen LogP contribution in [0, 0.1) is 24.2 Å². The van der Waals surface area contributed by atoms with Crippen molar-refractivity contribution in [2.45, 2.75) is 96.1 Å². The predicted molar refractivity (Wildman–Crippen MR) is 222 cm³/mol. The Morgan fingerprint density at radius 2 is 1.76 bits per heavy atom. The summed E-state index contributed by atoms with van der Waals surface area (Å²) in [5, 5.41) is 20.8. The number of benzene rings is 2. The zero-order valence-electron chi connectivity index (χ0n) is 33.7. The van der Waals surface area contributed by atoms with Gasteiger partial charge in [-0.3, -0.25) is 34.2 Å². The van der Waals surface area contributed by atoms with Crippen LogP contribution in [0.2, 0.25) is 0 Å². The van der Waals surface area contributed by atoms with E-state index in [4.69, 9.17) is 4.98 Å². The topological polar surface area (TPSA) is 187 Å². The number of likely N-dealkylation sites (tertiary alicyclic amines) is 1. The molecular formula is C44H50N8O6S. The van der Waals surface area contributed by atoms with Crippen LogP contribution in [0.25, 0.3) is 10.2 Å². The third-order valence-corrected chi connectivity index (χ3v) is 14.3. The number of fused-ring (bicyclic) bond motifs is 2. The normalized spacial score (nSPS) is 23.3. The minimum Gasteiger partial charge on any atom is -0.386 e. The number of nitrogens with one attached hydrogen (secondary N) is 3.